The molecule has 0 aromatic rings. The fraction of sp³-hybridized carbons (Fsp3) is 0.571. The molecule has 12 heavy (non-hydrogen) atoms. The molecule has 0 heterocycles. The van der Waals surface area contributed by atoms with Gasteiger partial charge in [-0.25, -0.2) is 0 Å². The molecule has 0 aromatic carbocycles. The van der Waals surface area contributed by atoms with E-state index < -0.39 is 23.7 Å². The third-order valence-electron chi connectivity index (χ3n) is 1.40. The Kier molecular flexibility index (Phi) is 4.14. The number of hydrogen-bond donors (Lipinski definition) is 1. The first kappa shape index (κ1) is 10.8. The third kappa shape index (κ3) is 2.43. The largest absolute Gasteiger partial charge is 0.468 e. The topological polar surface area (TPSA) is 86.5 Å². The lowest BCUT2D eigenvalue weighted by molar-refractivity contribution is -0.151. The Hall–Kier alpha value is -1.23. The number of rotatable bonds is 4. The van der Waals surface area contributed by atoms with Crippen LogP contribution in [0.1, 0.15) is 6.92 Å². The van der Waals surface area contributed by atoms with E-state index in [1.807, 2.05) is 0 Å². The minimum absolute atomic E-state index is 0.0744. The maximum Gasteiger partial charge on any atom is 0.318 e. The van der Waals surface area contributed by atoms with E-state index in [9.17, 15) is 14.4 Å². The van der Waals surface area contributed by atoms with Crippen LogP contribution in [0, 0.1) is 5.92 Å². The van der Waals surface area contributed by atoms with E-state index >= 15 is 0 Å². The minimum atomic E-state index is -1.17. The van der Waals surface area contributed by atoms with Crippen molar-refractivity contribution in [1.29, 1.82) is 0 Å². The fourth-order valence-electron chi connectivity index (χ4n) is 0.790. The van der Waals surface area contributed by atoms with Gasteiger partial charge in [0.1, 0.15) is 5.92 Å². The molecule has 0 radical (unpaired) electrons. The summed E-state index contributed by atoms with van der Waals surface area (Å²) < 4.78 is 4.30. The Balaban J connectivity index is 4.54. The molecule has 5 nitrogen and oxygen atoms in total. The molecule has 0 saturated carbocycles. The zero-order chi connectivity index (χ0) is 9.72. The molecule has 2 N–H and O–H groups in total. The van der Waals surface area contributed by atoms with Crippen molar-refractivity contribution in [3.05, 3.63) is 0 Å². The highest BCUT2D eigenvalue weighted by Gasteiger charge is 2.30. The molecule has 2 unspecified atom stereocenters. The van der Waals surface area contributed by atoms with Crippen LogP contribution in [-0.4, -0.2) is 31.2 Å². The van der Waals surface area contributed by atoms with Gasteiger partial charge in [0.25, 0.3) is 0 Å². The predicted octanol–water partition coefficient (Wildman–Crippen LogP) is -1.11. The van der Waals surface area contributed by atoms with Crippen molar-refractivity contribution in [2.45, 2.75) is 13.0 Å². The Labute approximate surface area is 69.9 Å². The molecule has 0 amide bonds. The molecule has 0 aliphatic rings. The summed E-state index contributed by atoms with van der Waals surface area (Å²) in [4.78, 5) is 31.7. The first-order chi connectivity index (χ1) is 5.54. The standard InChI is InChI=1S/C7H11NO4/c1-4(8)6(5(10)3-9)7(11)12-2/h3-4,6H,8H2,1-2H3. The summed E-state index contributed by atoms with van der Waals surface area (Å²) in [5, 5.41) is 0. The fourth-order valence-corrected chi connectivity index (χ4v) is 0.790. The van der Waals surface area contributed by atoms with E-state index in [4.69, 9.17) is 5.73 Å². The summed E-state index contributed by atoms with van der Waals surface area (Å²) in [5.74, 6) is -2.80. The summed E-state index contributed by atoms with van der Waals surface area (Å²) >= 11 is 0. The highest BCUT2D eigenvalue weighted by molar-refractivity contribution is 6.30. The van der Waals surface area contributed by atoms with Crippen LogP contribution in [0.4, 0.5) is 0 Å². The molecule has 2 atom stereocenters. The number of methoxy groups -OCH3 is 1. The molecule has 0 aliphatic heterocycles. The van der Waals surface area contributed by atoms with E-state index in [0.29, 0.717) is 0 Å². The summed E-state index contributed by atoms with van der Waals surface area (Å²) in [7, 11) is 1.13. The number of esters is 1. The molecule has 0 saturated heterocycles. The van der Waals surface area contributed by atoms with Gasteiger partial charge in [-0.05, 0) is 6.92 Å². The summed E-state index contributed by atoms with van der Waals surface area (Å²) in [5.41, 5.74) is 5.31. The van der Waals surface area contributed by atoms with E-state index in [0.717, 1.165) is 7.11 Å². The molecular weight excluding hydrogens is 162 g/mol. The smallest absolute Gasteiger partial charge is 0.318 e. The van der Waals surface area contributed by atoms with Crippen LogP contribution >= 0.6 is 0 Å². The van der Waals surface area contributed by atoms with Gasteiger partial charge in [-0.3, -0.25) is 14.4 Å². The van der Waals surface area contributed by atoms with Gasteiger partial charge in [-0.1, -0.05) is 0 Å². The Bertz CT molecular complexity index is 200. The van der Waals surface area contributed by atoms with Crippen molar-refractivity contribution < 1.29 is 19.1 Å². The van der Waals surface area contributed by atoms with E-state index in [1.165, 1.54) is 6.92 Å². The number of aldehydes is 1. The lowest BCUT2D eigenvalue weighted by Gasteiger charge is -2.13. The zero-order valence-corrected chi connectivity index (χ0v) is 6.94. The Morgan fingerprint density at radius 2 is 2.00 bits per heavy atom. The number of ketones is 1. The second-order valence-electron chi connectivity index (χ2n) is 2.38. The third-order valence-corrected chi connectivity index (χ3v) is 1.40. The lowest BCUT2D eigenvalue weighted by atomic mass is 9.98. The SMILES string of the molecule is COC(=O)C(C(=O)C=O)C(C)N. The van der Waals surface area contributed by atoms with Crippen molar-refractivity contribution in [2.75, 3.05) is 7.11 Å². The van der Waals surface area contributed by atoms with Crippen molar-refractivity contribution in [1.82, 2.24) is 0 Å². The number of carbonyl (C=O) groups is 3. The average Bonchev–Trinajstić information content (AvgIpc) is 2.03. The lowest BCUT2D eigenvalue weighted by Crippen LogP contribution is -2.40. The van der Waals surface area contributed by atoms with Gasteiger partial charge in [0.2, 0.25) is 5.78 Å². The summed E-state index contributed by atoms with van der Waals surface area (Å²) in [6, 6.07) is -0.713. The molecule has 0 rings (SSSR count). The summed E-state index contributed by atoms with van der Waals surface area (Å²) in [6.07, 6.45) is 0.0744. The monoisotopic (exact) mass is 173 g/mol. The van der Waals surface area contributed by atoms with Crippen molar-refractivity contribution in [3.63, 3.8) is 0 Å². The summed E-state index contributed by atoms with van der Waals surface area (Å²) in [6.45, 7) is 1.46. The van der Waals surface area contributed by atoms with Crippen LogP contribution in [0.5, 0.6) is 0 Å². The predicted molar refractivity (Wildman–Crippen MR) is 40.2 cm³/mol. The first-order valence-corrected chi connectivity index (χ1v) is 3.37. The molecule has 0 bridgehead atoms. The second-order valence-corrected chi connectivity index (χ2v) is 2.38. The van der Waals surface area contributed by atoms with Crippen molar-refractivity contribution in [3.8, 4) is 0 Å². The van der Waals surface area contributed by atoms with Crippen LogP contribution in [0.2, 0.25) is 0 Å². The van der Waals surface area contributed by atoms with E-state index in [-0.39, 0.29) is 6.29 Å². The van der Waals surface area contributed by atoms with E-state index in [2.05, 4.69) is 4.74 Å². The number of ether oxygens (including phenoxy) is 1. The van der Waals surface area contributed by atoms with E-state index in [1.54, 1.807) is 0 Å². The molecule has 68 valence electrons. The van der Waals surface area contributed by atoms with Gasteiger partial charge in [0.15, 0.2) is 6.29 Å². The van der Waals surface area contributed by atoms with Gasteiger partial charge in [-0.15, -0.1) is 0 Å². The number of hydrogen-bond acceptors (Lipinski definition) is 5. The Morgan fingerprint density at radius 1 is 1.50 bits per heavy atom. The molecule has 5 heteroatoms. The van der Waals surface area contributed by atoms with Gasteiger partial charge >= 0.3 is 5.97 Å². The van der Waals surface area contributed by atoms with Crippen LogP contribution in [-0.2, 0) is 19.1 Å². The highest BCUT2D eigenvalue weighted by Crippen LogP contribution is 2.04. The molecule has 0 aliphatic carbocycles. The van der Waals surface area contributed by atoms with Gasteiger partial charge in [-0.2, -0.15) is 0 Å². The number of nitrogens with two attached hydrogens (primary N) is 1. The molecule has 0 fully saturated rings. The maximum atomic E-state index is 10.9. The molecule has 0 spiro atoms. The second kappa shape index (κ2) is 4.61. The van der Waals surface area contributed by atoms with Gasteiger partial charge < -0.3 is 10.5 Å². The zero-order valence-electron chi connectivity index (χ0n) is 6.94. The number of Topliss-reactive ketones (excluding diaryl/α,β-unsaturated/α-hetero) is 1. The number of carbonyl (C=O) groups excluding carboxylic acids is 3. The van der Waals surface area contributed by atoms with Crippen molar-refractivity contribution in [2.24, 2.45) is 11.7 Å². The maximum absolute atomic E-state index is 10.9. The molecular formula is C7H11NO4. The molecule has 0 aromatic heterocycles. The van der Waals surface area contributed by atoms with Crippen molar-refractivity contribution >= 4 is 18.0 Å². The Morgan fingerprint density at radius 3 is 2.25 bits per heavy atom. The van der Waals surface area contributed by atoms with Crippen LogP contribution in [0.3, 0.4) is 0 Å². The van der Waals surface area contributed by atoms with Gasteiger partial charge in [0.05, 0.1) is 7.11 Å². The minimum Gasteiger partial charge on any atom is -0.468 e. The van der Waals surface area contributed by atoms with Crippen LogP contribution in [0.15, 0.2) is 0 Å². The highest BCUT2D eigenvalue weighted by atomic mass is 16.5. The van der Waals surface area contributed by atoms with Crippen LogP contribution in [0.25, 0.3) is 0 Å². The normalized spacial score (nSPS) is 14.6. The van der Waals surface area contributed by atoms with Crippen LogP contribution < -0.4 is 5.73 Å². The first-order valence-electron chi connectivity index (χ1n) is 3.37. The van der Waals surface area contributed by atoms with Gasteiger partial charge in [0, 0.05) is 6.04 Å². The average molecular weight is 173 g/mol. The quantitative estimate of drug-likeness (QED) is 0.252.